The molecule has 0 aromatic heterocycles. The molecule has 0 aliphatic carbocycles. The highest BCUT2D eigenvalue weighted by Crippen LogP contribution is 2.25. The fourth-order valence-electron chi connectivity index (χ4n) is 3.75. The van der Waals surface area contributed by atoms with Crippen molar-refractivity contribution in [3.63, 3.8) is 0 Å². The Hall–Kier alpha value is -2.40. The van der Waals surface area contributed by atoms with Gasteiger partial charge in [-0.2, -0.15) is 0 Å². The average Bonchev–Trinajstić information content (AvgIpc) is 2.67. The summed E-state index contributed by atoms with van der Waals surface area (Å²) in [6.45, 7) is 5.43. The molecule has 0 radical (unpaired) electrons. The van der Waals surface area contributed by atoms with E-state index < -0.39 is 0 Å². The van der Waals surface area contributed by atoms with Crippen molar-refractivity contribution in [2.24, 2.45) is 11.7 Å². The first-order chi connectivity index (χ1) is 13.0. The van der Waals surface area contributed by atoms with Gasteiger partial charge in [0.25, 0.3) is 0 Å². The number of carbonyl (C=O) groups excluding carboxylic acids is 1. The van der Waals surface area contributed by atoms with Gasteiger partial charge in [0, 0.05) is 30.9 Å². The predicted octanol–water partition coefficient (Wildman–Crippen LogP) is 3.56. The van der Waals surface area contributed by atoms with Gasteiger partial charge in [0.2, 0.25) is 5.91 Å². The Morgan fingerprint density at radius 1 is 1.26 bits per heavy atom. The fraction of sp³-hybridized carbons (Fsp3) is 0.409. The second kappa shape index (κ2) is 8.53. The van der Waals surface area contributed by atoms with E-state index in [2.05, 4.69) is 10.2 Å². The van der Waals surface area contributed by atoms with Crippen LogP contribution in [0.5, 0.6) is 0 Å². The Labute approximate surface area is 160 Å². The van der Waals surface area contributed by atoms with Gasteiger partial charge >= 0.3 is 0 Å². The zero-order chi connectivity index (χ0) is 19.4. The molecular weight excluding hydrogens is 341 g/mol. The largest absolute Gasteiger partial charge is 0.369 e. The number of halogens is 1. The molecule has 0 saturated carbocycles. The third-order valence-corrected chi connectivity index (χ3v) is 5.40. The lowest BCUT2D eigenvalue weighted by atomic mass is 9.94. The monoisotopic (exact) mass is 369 g/mol. The van der Waals surface area contributed by atoms with Crippen LogP contribution in [0.25, 0.3) is 0 Å². The number of piperidine rings is 1. The van der Waals surface area contributed by atoms with E-state index in [1.807, 2.05) is 50.2 Å². The van der Waals surface area contributed by atoms with Gasteiger partial charge in [-0.3, -0.25) is 4.79 Å². The molecule has 5 heteroatoms. The van der Waals surface area contributed by atoms with Crippen LogP contribution < -0.4 is 16.0 Å². The van der Waals surface area contributed by atoms with E-state index in [1.54, 1.807) is 6.07 Å². The third-order valence-electron chi connectivity index (χ3n) is 5.40. The quantitative estimate of drug-likeness (QED) is 0.847. The number of amides is 1. The Morgan fingerprint density at radius 3 is 2.70 bits per heavy atom. The van der Waals surface area contributed by atoms with Crippen molar-refractivity contribution in [3.05, 3.63) is 65.5 Å². The minimum atomic E-state index is -0.328. The standard InChI is InChI=1S/C22H28FN3O/c1-15-13-18(23)10-11-20(15)26-12-6-9-19(14-26)25-22(27)16(2)21(24)17-7-4-3-5-8-17/h3-5,7-8,10-11,13,16,19,21H,6,9,12,14,24H2,1-2H3,(H,25,27). The summed E-state index contributed by atoms with van der Waals surface area (Å²) in [5.41, 5.74) is 9.21. The Kier molecular flexibility index (Phi) is 6.11. The van der Waals surface area contributed by atoms with Crippen molar-refractivity contribution in [2.75, 3.05) is 18.0 Å². The number of nitrogens with zero attached hydrogens (tertiary/aromatic N) is 1. The lowest BCUT2D eigenvalue weighted by molar-refractivity contribution is -0.125. The van der Waals surface area contributed by atoms with Crippen LogP contribution in [0.15, 0.2) is 48.5 Å². The molecule has 1 heterocycles. The summed E-state index contributed by atoms with van der Waals surface area (Å²) in [6.07, 6.45) is 1.93. The number of rotatable bonds is 5. The Balaban J connectivity index is 1.62. The first kappa shape index (κ1) is 19.4. The van der Waals surface area contributed by atoms with E-state index in [4.69, 9.17) is 5.73 Å². The highest BCUT2D eigenvalue weighted by molar-refractivity contribution is 5.79. The second-order valence-electron chi connectivity index (χ2n) is 7.45. The van der Waals surface area contributed by atoms with E-state index in [1.165, 1.54) is 6.07 Å². The summed E-state index contributed by atoms with van der Waals surface area (Å²) in [6, 6.07) is 14.3. The number of anilines is 1. The van der Waals surface area contributed by atoms with Crippen molar-refractivity contribution >= 4 is 11.6 Å². The van der Waals surface area contributed by atoms with E-state index in [0.717, 1.165) is 42.7 Å². The van der Waals surface area contributed by atoms with Gasteiger partial charge in [-0.05, 0) is 49.1 Å². The van der Waals surface area contributed by atoms with E-state index >= 15 is 0 Å². The fourth-order valence-corrected chi connectivity index (χ4v) is 3.75. The first-order valence-electron chi connectivity index (χ1n) is 9.57. The molecule has 144 valence electrons. The second-order valence-corrected chi connectivity index (χ2v) is 7.45. The maximum absolute atomic E-state index is 13.4. The minimum Gasteiger partial charge on any atom is -0.369 e. The molecule has 3 unspecified atom stereocenters. The molecule has 27 heavy (non-hydrogen) atoms. The molecule has 1 aliphatic rings. The van der Waals surface area contributed by atoms with Gasteiger partial charge in [0.05, 0.1) is 5.92 Å². The van der Waals surface area contributed by atoms with Gasteiger partial charge < -0.3 is 16.0 Å². The van der Waals surface area contributed by atoms with Crippen LogP contribution in [0.1, 0.15) is 36.9 Å². The summed E-state index contributed by atoms with van der Waals surface area (Å²) in [5.74, 6) is -0.550. The molecule has 4 nitrogen and oxygen atoms in total. The maximum atomic E-state index is 13.4. The number of nitrogens with one attached hydrogen (secondary N) is 1. The first-order valence-corrected chi connectivity index (χ1v) is 9.57. The molecular formula is C22H28FN3O. The molecule has 1 fully saturated rings. The Bertz CT molecular complexity index is 780. The SMILES string of the molecule is Cc1cc(F)ccc1N1CCCC(NC(=O)C(C)C(N)c2ccccc2)C1. The van der Waals surface area contributed by atoms with E-state index in [9.17, 15) is 9.18 Å². The summed E-state index contributed by atoms with van der Waals surface area (Å²) in [7, 11) is 0. The summed E-state index contributed by atoms with van der Waals surface area (Å²) in [5, 5.41) is 3.17. The number of hydrogen-bond donors (Lipinski definition) is 2. The van der Waals surface area contributed by atoms with E-state index in [0.29, 0.717) is 0 Å². The predicted molar refractivity (Wildman–Crippen MR) is 107 cm³/mol. The van der Waals surface area contributed by atoms with Gasteiger partial charge in [-0.25, -0.2) is 4.39 Å². The van der Waals surface area contributed by atoms with E-state index in [-0.39, 0.29) is 29.7 Å². The number of carbonyl (C=O) groups is 1. The topological polar surface area (TPSA) is 58.4 Å². The third kappa shape index (κ3) is 4.66. The molecule has 3 rings (SSSR count). The van der Waals surface area contributed by atoms with Crippen LogP contribution in [-0.2, 0) is 4.79 Å². The van der Waals surface area contributed by atoms with Crippen LogP contribution in [0.3, 0.4) is 0 Å². The van der Waals surface area contributed by atoms with Crippen LogP contribution >= 0.6 is 0 Å². The summed E-state index contributed by atoms with van der Waals surface area (Å²) >= 11 is 0. The van der Waals surface area contributed by atoms with Crippen LogP contribution in [-0.4, -0.2) is 25.0 Å². The maximum Gasteiger partial charge on any atom is 0.225 e. The van der Waals surface area contributed by atoms with Gasteiger partial charge in [-0.1, -0.05) is 37.3 Å². The van der Waals surface area contributed by atoms with Crippen molar-refractivity contribution in [1.29, 1.82) is 0 Å². The molecule has 3 N–H and O–H groups in total. The molecule has 1 aliphatic heterocycles. The lowest BCUT2D eigenvalue weighted by Gasteiger charge is -2.36. The van der Waals surface area contributed by atoms with Gasteiger partial charge in [-0.15, -0.1) is 0 Å². The van der Waals surface area contributed by atoms with Crippen LogP contribution in [0, 0.1) is 18.7 Å². The van der Waals surface area contributed by atoms with Crippen LogP contribution in [0.2, 0.25) is 0 Å². The number of hydrogen-bond acceptors (Lipinski definition) is 3. The molecule has 1 saturated heterocycles. The zero-order valence-electron chi connectivity index (χ0n) is 16.0. The van der Waals surface area contributed by atoms with Crippen molar-refractivity contribution < 1.29 is 9.18 Å². The van der Waals surface area contributed by atoms with Gasteiger partial charge in [0.1, 0.15) is 5.82 Å². The molecule has 3 atom stereocenters. The van der Waals surface area contributed by atoms with Crippen molar-refractivity contribution in [2.45, 2.75) is 38.8 Å². The highest BCUT2D eigenvalue weighted by atomic mass is 19.1. The Morgan fingerprint density at radius 2 is 2.00 bits per heavy atom. The molecule has 0 bridgehead atoms. The van der Waals surface area contributed by atoms with Crippen LogP contribution in [0.4, 0.5) is 10.1 Å². The zero-order valence-corrected chi connectivity index (χ0v) is 16.0. The van der Waals surface area contributed by atoms with Gasteiger partial charge in [0.15, 0.2) is 0 Å². The van der Waals surface area contributed by atoms with Crippen molar-refractivity contribution in [3.8, 4) is 0 Å². The molecule has 0 spiro atoms. The number of aryl methyl sites for hydroxylation is 1. The number of nitrogens with two attached hydrogens (primary N) is 1. The van der Waals surface area contributed by atoms with Crippen molar-refractivity contribution in [1.82, 2.24) is 5.32 Å². The summed E-state index contributed by atoms with van der Waals surface area (Å²) in [4.78, 5) is 14.9. The highest BCUT2D eigenvalue weighted by Gasteiger charge is 2.27. The smallest absolute Gasteiger partial charge is 0.225 e. The number of benzene rings is 2. The molecule has 2 aromatic carbocycles. The normalized spacial score (nSPS) is 19.4. The molecule has 1 amide bonds. The molecule has 2 aromatic rings. The lowest BCUT2D eigenvalue weighted by Crippen LogP contribution is -2.50. The minimum absolute atomic E-state index is 0.0194. The summed E-state index contributed by atoms with van der Waals surface area (Å²) < 4.78 is 13.4. The average molecular weight is 369 g/mol.